The van der Waals surface area contributed by atoms with E-state index in [1.807, 2.05) is 30.3 Å². The molecule has 0 fully saturated rings. The fourth-order valence-corrected chi connectivity index (χ4v) is 2.32. The number of rotatable bonds is 2. The van der Waals surface area contributed by atoms with Crippen molar-refractivity contribution in [2.45, 2.75) is 17.5 Å². The standard InChI is InChI=1S/C11H11NO2S/c1-11(14)7-9(10(13)12-11)15-8-5-3-2-4-6-8/h2-7,14H,1H3,(H,12,13). The minimum Gasteiger partial charge on any atom is -0.368 e. The van der Waals surface area contributed by atoms with E-state index in [9.17, 15) is 9.90 Å². The van der Waals surface area contributed by atoms with Gasteiger partial charge in [0.15, 0.2) is 5.72 Å². The summed E-state index contributed by atoms with van der Waals surface area (Å²) in [6.07, 6.45) is 1.53. The first kappa shape index (κ1) is 10.3. The average Bonchev–Trinajstić information content (AvgIpc) is 2.41. The van der Waals surface area contributed by atoms with Gasteiger partial charge in [0.1, 0.15) is 0 Å². The lowest BCUT2D eigenvalue weighted by molar-refractivity contribution is -0.119. The Kier molecular flexibility index (Phi) is 2.54. The molecular weight excluding hydrogens is 210 g/mol. The van der Waals surface area contributed by atoms with Crippen molar-refractivity contribution < 1.29 is 9.90 Å². The third-order valence-corrected chi connectivity index (χ3v) is 3.00. The van der Waals surface area contributed by atoms with Crippen LogP contribution in [0.15, 0.2) is 46.2 Å². The normalized spacial score (nSPS) is 24.9. The van der Waals surface area contributed by atoms with E-state index in [4.69, 9.17) is 0 Å². The van der Waals surface area contributed by atoms with Crippen LogP contribution in [0.4, 0.5) is 0 Å². The third-order valence-electron chi connectivity index (χ3n) is 1.97. The number of nitrogens with one attached hydrogen (secondary N) is 1. The summed E-state index contributed by atoms with van der Waals surface area (Å²) < 4.78 is 0. The monoisotopic (exact) mass is 221 g/mol. The Morgan fingerprint density at radius 2 is 2.00 bits per heavy atom. The predicted octanol–water partition coefficient (Wildman–Crippen LogP) is 1.50. The highest BCUT2D eigenvalue weighted by Gasteiger charge is 2.31. The second-order valence-electron chi connectivity index (χ2n) is 3.53. The van der Waals surface area contributed by atoms with Crippen LogP contribution in [0.25, 0.3) is 0 Å². The molecule has 0 aliphatic carbocycles. The lowest BCUT2D eigenvalue weighted by Gasteiger charge is -2.12. The molecule has 1 aromatic rings. The van der Waals surface area contributed by atoms with Crippen LogP contribution < -0.4 is 5.32 Å². The Morgan fingerprint density at radius 1 is 1.33 bits per heavy atom. The minimum atomic E-state index is -1.21. The number of aliphatic hydroxyl groups is 1. The molecule has 0 spiro atoms. The Morgan fingerprint density at radius 3 is 2.53 bits per heavy atom. The van der Waals surface area contributed by atoms with Crippen LogP contribution in [0.5, 0.6) is 0 Å². The van der Waals surface area contributed by atoms with Gasteiger partial charge in [0.05, 0.1) is 4.91 Å². The SMILES string of the molecule is CC1(O)C=C(Sc2ccccc2)C(=O)N1. The van der Waals surface area contributed by atoms with Crippen molar-refractivity contribution >= 4 is 17.7 Å². The molecule has 0 saturated carbocycles. The third kappa shape index (κ3) is 2.40. The second kappa shape index (κ2) is 3.72. The van der Waals surface area contributed by atoms with Crippen LogP contribution in [-0.2, 0) is 4.79 Å². The van der Waals surface area contributed by atoms with E-state index in [0.717, 1.165) is 4.90 Å². The average molecular weight is 221 g/mol. The number of carbonyl (C=O) groups is 1. The molecule has 2 rings (SSSR count). The molecule has 1 unspecified atom stereocenters. The Balaban J connectivity index is 2.17. The van der Waals surface area contributed by atoms with Gasteiger partial charge in [0, 0.05) is 4.90 Å². The molecule has 0 saturated heterocycles. The molecule has 1 atom stereocenters. The topological polar surface area (TPSA) is 49.3 Å². The molecule has 3 nitrogen and oxygen atoms in total. The maximum atomic E-state index is 11.4. The molecule has 78 valence electrons. The van der Waals surface area contributed by atoms with Crippen LogP contribution in [-0.4, -0.2) is 16.7 Å². The van der Waals surface area contributed by atoms with E-state index < -0.39 is 5.72 Å². The van der Waals surface area contributed by atoms with Crippen LogP contribution >= 0.6 is 11.8 Å². The molecular formula is C11H11NO2S. The van der Waals surface area contributed by atoms with Crippen molar-refractivity contribution in [2.75, 3.05) is 0 Å². The number of thioether (sulfide) groups is 1. The Bertz CT molecular complexity index is 412. The van der Waals surface area contributed by atoms with Crippen molar-refractivity contribution in [3.8, 4) is 0 Å². The molecule has 0 aromatic heterocycles. The first-order valence-corrected chi connectivity index (χ1v) is 5.39. The Labute approximate surface area is 92.2 Å². The second-order valence-corrected chi connectivity index (χ2v) is 4.64. The van der Waals surface area contributed by atoms with Gasteiger partial charge >= 0.3 is 0 Å². The summed E-state index contributed by atoms with van der Waals surface area (Å²) in [7, 11) is 0. The van der Waals surface area contributed by atoms with E-state index in [-0.39, 0.29) is 5.91 Å². The maximum absolute atomic E-state index is 11.4. The van der Waals surface area contributed by atoms with E-state index in [2.05, 4.69) is 5.32 Å². The van der Waals surface area contributed by atoms with Gasteiger partial charge in [-0.3, -0.25) is 4.79 Å². The quantitative estimate of drug-likeness (QED) is 0.795. The largest absolute Gasteiger partial charge is 0.368 e. The van der Waals surface area contributed by atoms with Gasteiger partial charge in [-0.05, 0) is 25.1 Å². The number of carbonyl (C=O) groups excluding carboxylic acids is 1. The molecule has 1 heterocycles. The van der Waals surface area contributed by atoms with Crippen LogP contribution in [0.2, 0.25) is 0 Å². The molecule has 2 N–H and O–H groups in total. The smallest absolute Gasteiger partial charge is 0.260 e. The lowest BCUT2D eigenvalue weighted by Crippen LogP contribution is -2.38. The summed E-state index contributed by atoms with van der Waals surface area (Å²) in [5.74, 6) is -0.228. The van der Waals surface area contributed by atoms with Crippen LogP contribution in [0.3, 0.4) is 0 Å². The van der Waals surface area contributed by atoms with Gasteiger partial charge in [-0.25, -0.2) is 0 Å². The lowest BCUT2D eigenvalue weighted by atomic mass is 10.3. The summed E-state index contributed by atoms with van der Waals surface area (Å²) in [6, 6.07) is 9.59. The zero-order chi connectivity index (χ0) is 10.9. The molecule has 1 aliphatic heterocycles. The highest BCUT2D eigenvalue weighted by atomic mass is 32.2. The Hall–Kier alpha value is -1.26. The van der Waals surface area contributed by atoms with Crippen molar-refractivity contribution in [1.29, 1.82) is 0 Å². The molecule has 4 heteroatoms. The highest BCUT2D eigenvalue weighted by molar-refractivity contribution is 8.04. The van der Waals surface area contributed by atoms with E-state index >= 15 is 0 Å². The van der Waals surface area contributed by atoms with Crippen molar-refractivity contribution in [3.05, 3.63) is 41.3 Å². The number of hydrogen-bond acceptors (Lipinski definition) is 3. The number of hydrogen-bond donors (Lipinski definition) is 2. The van der Waals surface area contributed by atoms with Gasteiger partial charge in [0.25, 0.3) is 5.91 Å². The minimum absolute atomic E-state index is 0.228. The maximum Gasteiger partial charge on any atom is 0.260 e. The summed E-state index contributed by atoms with van der Waals surface area (Å²) >= 11 is 1.35. The molecule has 15 heavy (non-hydrogen) atoms. The van der Waals surface area contributed by atoms with Crippen molar-refractivity contribution in [1.82, 2.24) is 5.32 Å². The van der Waals surface area contributed by atoms with Gasteiger partial charge < -0.3 is 10.4 Å². The summed E-state index contributed by atoms with van der Waals surface area (Å²) in [5, 5.41) is 12.1. The van der Waals surface area contributed by atoms with Crippen LogP contribution in [0, 0.1) is 0 Å². The zero-order valence-electron chi connectivity index (χ0n) is 8.23. The van der Waals surface area contributed by atoms with Crippen LogP contribution in [0.1, 0.15) is 6.92 Å². The fourth-order valence-electron chi connectivity index (χ4n) is 1.34. The van der Waals surface area contributed by atoms with E-state index in [0.29, 0.717) is 4.91 Å². The molecule has 1 amide bonds. The first-order chi connectivity index (χ1) is 7.07. The molecule has 1 aliphatic rings. The summed E-state index contributed by atoms with van der Waals surface area (Å²) in [6.45, 7) is 1.55. The zero-order valence-corrected chi connectivity index (χ0v) is 9.04. The number of amides is 1. The molecule has 0 bridgehead atoms. The number of benzene rings is 1. The van der Waals surface area contributed by atoms with Gasteiger partial charge in [-0.15, -0.1) is 0 Å². The van der Waals surface area contributed by atoms with E-state index in [1.165, 1.54) is 17.8 Å². The summed E-state index contributed by atoms with van der Waals surface area (Å²) in [4.78, 5) is 13.0. The first-order valence-electron chi connectivity index (χ1n) is 4.57. The molecule has 0 radical (unpaired) electrons. The van der Waals surface area contributed by atoms with Crippen molar-refractivity contribution in [3.63, 3.8) is 0 Å². The van der Waals surface area contributed by atoms with Crippen molar-refractivity contribution in [2.24, 2.45) is 0 Å². The molecule has 1 aromatic carbocycles. The summed E-state index contributed by atoms with van der Waals surface area (Å²) in [5.41, 5.74) is -1.21. The highest BCUT2D eigenvalue weighted by Crippen LogP contribution is 2.31. The fraction of sp³-hybridized carbons (Fsp3) is 0.182. The van der Waals surface area contributed by atoms with Gasteiger partial charge in [-0.1, -0.05) is 30.0 Å². The van der Waals surface area contributed by atoms with E-state index in [1.54, 1.807) is 6.92 Å². The van der Waals surface area contributed by atoms with Gasteiger partial charge in [0.2, 0.25) is 0 Å². The van der Waals surface area contributed by atoms with Gasteiger partial charge in [-0.2, -0.15) is 0 Å². The predicted molar refractivity (Wildman–Crippen MR) is 59.1 cm³/mol.